The molecule has 0 amide bonds. The quantitative estimate of drug-likeness (QED) is 0.0656. The molecule has 0 radical (unpaired) electrons. The number of carbonyl (C=O) groups excluding carboxylic acids is 2. The minimum Gasteiger partial charge on any atom is -0.493 e. The van der Waals surface area contributed by atoms with Crippen molar-refractivity contribution in [1.82, 2.24) is 19.1 Å². The van der Waals surface area contributed by atoms with Crippen LogP contribution in [0, 0.1) is 0 Å². The van der Waals surface area contributed by atoms with Crippen molar-refractivity contribution in [2.24, 2.45) is 0 Å². The number of carbonyl (C=O) groups is 2. The Balaban J connectivity index is 0.822. The van der Waals surface area contributed by atoms with Crippen LogP contribution in [-0.2, 0) is 58.3 Å². The summed E-state index contributed by atoms with van der Waals surface area (Å²) in [5.41, 5.74) is 2.78. The van der Waals surface area contributed by atoms with E-state index in [1.165, 1.54) is 17.0 Å². The highest BCUT2D eigenvalue weighted by Crippen LogP contribution is 2.35. The summed E-state index contributed by atoms with van der Waals surface area (Å²) in [5.74, 6) is 0.901. The van der Waals surface area contributed by atoms with Crippen LogP contribution in [0.15, 0.2) is 114 Å². The average Bonchev–Trinajstić information content (AvgIpc) is 4.10. The summed E-state index contributed by atoms with van der Waals surface area (Å²) in [5, 5.41) is 3.36. The van der Waals surface area contributed by atoms with Crippen LogP contribution in [0.4, 0.5) is 13.2 Å². The molecule has 0 aliphatic rings. The molecule has 8 rings (SSSR count). The van der Waals surface area contributed by atoms with E-state index in [0.29, 0.717) is 60.2 Å². The van der Waals surface area contributed by atoms with Crippen molar-refractivity contribution < 1.29 is 41.4 Å². The number of halogens is 4. The first-order valence-electron chi connectivity index (χ1n) is 21.3. The number of alkyl halides is 3. The summed E-state index contributed by atoms with van der Waals surface area (Å²) in [6.45, 7) is 8.49. The number of aromatic nitrogens is 4. The lowest BCUT2D eigenvalue weighted by Gasteiger charge is -2.25. The van der Waals surface area contributed by atoms with Crippen LogP contribution in [0.2, 0.25) is 5.02 Å². The Bertz CT molecular complexity index is 2980. The minimum atomic E-state index is -4.43. The minimum absolute atomic E-state index is 0.00891. The molecule has 0 aliphatic carbocycles. The lowest BCUT2D eigenvalue weighted by molar-refractivity contribution is -0.165. The van der Waals surface area contributed by atoms with Crippen molar-refractivity contribution in [3.05, 3.63) is 142 Å². The second-order valence-electron chi connectivity index (χ2n) is 15.9. The third kappa shape index (κ3) is 9.98. The van der Waals surface area contributed by atoms with Crippen molar-refractivity contribution >= 4 is 56.7 Å². The van der Waals surface area contributed by atoms with Gasteiger partial charge in [0.25, 0.3) is 0 Å². The maximum Gasteiger partial charge on any atom is 0.416 e. The fourth-order valence-electron chi connectivity index (χ4n) is 7.67. The Morgan fingerprint density at radius 1 is 0.785 bits per heavy atom. The number of hydrogen-bond acceptors (Lipinski definition) is 9. The molecule has 336 valence electrons. The van der Waals surface area contributed by atoms with E-state index in [4.69, 9.17) is 35.2 Å². The first-order valence-corrected chi connectivity index (χ1v) is 22.5. The molecule has 0 N–H and O–H groups in total. The van der Waals surface area contributed by atoms with Crippen LogP contribution in [0.1, 0.15) is 61.7 Å². The Hall–Kier alpha value is -6.38. The topological polar surface area (TPSA) is 111 Å². The predicted octanol–water partition coefficient (Wildman–Crippen LogP) is 12.3. The zero-order chi connectivity index (χ0) is 45.9. The first kappa shape index (κ1) is 45.2. The molecule has 65 heavy (non-hydrogen) atoms. The van der Waals surface area contributed by atoms with Crippen molar-refractivity contribution in [3.63, 3.8) is 0 Å². The number of benzene rings is 4. The second kappa shape index (κ2) is 19.0. The molecule has 0 fully saturated rings. The lowest BCUT2D eigenvalue weighted by Crippen LogP contribution is -2.38. The Kier molecular flexibility index (Phi) is 13.2. The number of ether oxygens (including phenoxy) is 3. The molecule has 0 saturated carbocycles. The van der Waals surface area contributed by atoms with Gasteiger partial charge in [-0.1, -0.05) is 43.6 Å². The number of nitrogens with zero attached hydrogens (tertiary/aromatic N) is 4. The van der Waals surface area contributed by atoms with E-state index >= 15 is 0 Å². The van der Waals surface area contributed by atoms with E-state index in [0.717, 1.165) is 62.4 Å². The molecule has 0 atom stereocenters. The molecule has 8 aromatic rings. The molecule has 0 bridgehead atoms. The van der Waals surface area contributed by atoms with Gasteiger partial charge in [0.15, 0.2) is 0 Å². The molecule has 4 aromatic heterocycles. The highest BCUT2D eigenvalue weighted by molar-refractivity contribution is 7.15. The van der Waals surface area contributed by atoms with Crippen LogP contribution < -0.4 is 9.47 Å². The molecule has 0 unspecified atom stereocenters. The number of aryl methyl sites for hydroxylation is 3. The molecule has 0 saturated heterocycles. The summed E-state index contributed by atoms with van der Waals surface area (Å²) in [7, 11) is 0. The van der Waals surface area contributed by atoms with E-state index in [-0.39, 0.29) is 18.9 Å². The number of fused-ring (bicyclic) bond motifs is 2. The van der Waals surface area contributed by atoms with Crippen LogP contribution in [0.5, 0.6) is 11.5 Å². The summed E-state index contributed by atoms with van der Waals surface area (Å²) in [4.78, 5) is 37.2. The zero-order valence-corrected chi connectivity index (χ0v) is 37.8. The van der Waals surface area contributed by atoms with Gasteiger partial charge in [0, 0.05) is 76.0 Å². The Labute approximate surface area is 382 Å². The molecule has 0 spiro atoms. The zero-order valence-electron chi connectivity index (χ0n) is 36.2. The van der Waals surface area contributed by atoms with Crippen molar-refractivity contribution in [2.45, 2.75) is 78.1 Å². The second-order valence-corrected chi connectivity index (χ2v) is 17.4. The lowest BCUT2D eigenvalue weighted by atomic mass is 10.1. The van der Waals surface area contributed by atoms with Gasteiger partial charge in [-0.3, -0.25) is 4.79 Å². The molecule has 15 heteroatoms. The van der Waals surface area contributed by atoms with E-state index in [1.807, 2.05) is 84.4 Å². The Morgan fingerprint density at radius 3 is 2.12 bits per heavy atom. The van der Waals surface area contributed by atoms with Gasteiger partial charge in [0.05, 0.1) is 41.6 Å². The summed E-state index contributed by atoms with van der Waals surface area (Å²) >= 11 is 8.10. The number of oxazole rings is 1. The standard InChI is InChI=1S/C50H46ClF3N4O6S/c1-5-43-39(55-46(63-43)31-11-13-34(14-12-31)50(52,53)54)22-27-61-36-16-18-42-33(30-36)20-26-58(42)49(3,4)48(60)64-45(59)21-25-57-24-19-32-29-35(15-17-41(32)57)62-28-23-40-44(6-2)65-47(56-40)37-9-7-8-10-38(37)51/h7-20,24,26,29-30H,5-6,21-23,25,27-28H2,1-4H3. The number of thiazole rings is 1. The Morgan fingerprint density at radius 2 is 1.45 bits per heavy atom. The number of esters is 2. The smallest absolute Gasteiger partial charge is 0.416 e. The van der Waals surface area contributed by atoms with Crippen molar-refractivity contribution in [2.75, 3.05) is 13.2 Å². The number of rotatable bonds is 17. The molecule has 0 aliphatic heterocycles. The average molecular weight is 923 g/mol. The van der Waals surface area contributed by atoms with Crippen LogP contribution in [0.25, 0.3) is 43.8 Å². The highest BCUT2D eigenvalue weighted by Gasteiger charge is 2.34. The summed E-state index contributed by atoms with van der Waals surface area (Å²) in [6, 6.07) is 27.6. The van der Waals surface area contributed by atoms with Gasteiger partial charge < -0.3 is 27.8 Å². The molecular weight excluding hydrogens is 877 g/mol. The van der Waals surface area contributed by atoms with Gasteiger partial charge in [0.1, 0.15) is 27.8 Å². The van der Waals surface area contributed by atoms with Crippen molar-refractivity contribution in [1.29, 1.82) is 0 Å². The van der Waals surface area contributed by atoms with E-state index in [2.05, 4.69) is 11.9 Å². The maximum absolute atomic E-state index is 13.5. The predicted molar refractivity (Wildman–Crippen MR) is 246 cm³/mol. The largest absolute Gasteiger partial charge is 0.493 e. The van der Waals surface area contributed by atoms with E-state index in [9.17, 15) is 22.8 Å². The van der Waals surface area contributed by atoms with Crippen LogP contribution in [-0.4, -0.2) is 44.3 Å². The highest BCUT2D eigenvalue weighted by atomic mass is 35.5. The molecule has 4 aromatic carbocycles. The van der Waals surface area contributed by atoms with E-state index in [1.54, 1.807) is 42.0 Å². The maximum atomic E-state index is 13.5. The van der Waals surface area contributed by atoms with Crippen molar-refractivity contribution in [3.8, 4) is 33.5 Å². The fraction of sp³-hybridized carbons (Fsp3) is 0.280. The van der Waals surface area contributed by atoms with Crippen LogP contribution in [0.3, 0.4) is 0 Å². The number of hydrogen-bond donors (Lipinski definition) is 0. The normalized spacial score (nSPS) is 12.0. The third-order valence-electron chi connectivity index (χ3n) is 11.2. The van der Waals surface area contributed by atoms with Gasteiger partial charge in [-0.2, -0.15) is 13.2 Å². The van der Waals surface area contributed by atoms with Gasteiger partial charge in [0.2, 0.25) is 5.89 Å². The van der Waals surface area contributed by atoms with E-state index < -0.39 is 29.2 Å². The fourth-order valence-corrected chi connectivity index (χ4v) is 9.03. The molecule has 4 heterocycles. The first-order chi connectivity index (χ1) is 31.2. The summed E-state index contributed by atoms with van der Waals surface area (Å²) in [6.07, 6.45) is 1.74. The van der Waals surface area contributed by atoms with Gasteiger partial charge in [-0.25, -0.2) is 14.8 Å². The van der Waals surface area contributed by atoms with Crippen LogP contribution >= 0.6 is 22.9 Å². The van der Waals surface area contributed by atoms with Gasteiger partial charge in [-0.15, -0.1) is 11.3 Å². The van der Waals surface area contributed by atoms with Gasteiger partial charge >= 0.3 is 18.1 Å². The third-order valence-corrected chi connectivity index (χ3v) is 12.9. The van der Waals surface area contributed by atoms with Gasteiger partial charge in [-0.05, 0) is 99.1 Å². The molecular formula is C50H46ClF3N4O6S. The molecule has 10 nitrogen and oxygen atoms in total. The monoisotopic (exact) mass is 922 g/mol. The SMILES string of the molecule is CCc1oc(-c2ccc(C(F)(F)F)cc2)nc1CCOc1ccc2c(ccn2C(C)(C)C(=O)OC(=O)CCn2ccc3cc(OCCc4nc(-c5ccccc5Cl)sc4CC)ccc32)c1. The summed E-state index contributed by atoms with van der Waals surface area (Å²) < 4.78 is 66.3.